The molecule has 1 aliphatic heterocycles. The van der Waals surface area contributed by atoms with Gasteiger partial charge in [0.1, 0.15) is 0 Å². The molecule has 3 heteroatoms. The van der Waals surface area contributed by atoms with Crippen molar-refractivity contribution in [3.05, 3.63) is 0 Å². The Labute approximate surface area is 111 Å². The fraction of sp³-hybridized carbons (Fsp3) is 1.00. The van der Waals surface area contributed by atoms with Crippen molar-refractivity contribution in [2.45, 2.75) is 63.6 Å². The minimum Gasteiger partial charge on any atom is -0.392 e. The Balaban J connectivity index is 1.93. The quantitative estimate of drug-likeness (QED) is 0.840. The summed E-state index contributed by atoms with van der Waals surface area (Å²) >= 11 is 0. The molecular weight excluding hydrogens is 228 g/mol. The first-order chi connectivity index (χ1) is 8.67. The summed E-state index contributed by atoms with van der Waals surface area (Å²) in [6.45, 7) is 3.55. The first-order valence-electron chi connectivity index (χ1n) is 7.48. The lowest BCUT2D eigenvalue weighted by Crippen LogP contribution is -2.46. The molecule has 0 aromatic heterocycles. The fourth-order valence-corrected chi connectivity index (χ4v) is 3.73. The summed E-state index contributed by atoms with van der Waals surface area (Å²) in [5, 5.41) is 10.5. The normalized spacial score (nSPS) is 31.2. The van der Waals surface area contributed by atoms with E-state index in [1.165, 1.54) is 32.1 Å². The zero-order valence-electron chi connectivity index (χ0n) is 11.9. The summed E-state index contributed by atoms with van der Waals surface area (Å²) in [5.74, 6) is 0.612. The molecule has 1 spiro atoms. The van der Waals surface area contributed by atoms with Crippen molar-refractivity contribution in [3.63, 3.8) is 0 Å². The van der Waals surface area contributed by atoms with E-state index in [2.05, 4.69) is 6.92 Å². The highest BCUT2D eigenvalue weighted by atomic mass is 16.5. The van der Waals surface area contributed by atoms with Gasteiger partial charge in [-0.2, -0.15) is 0 Å². The molecule has 106 valence electrons. The van der Waals surface area contributed by atoms with Crippen LogP contribution in [0.25, 0.3) is 0 Å². The zero-order chi connectivity index (χ0) is 13.0. The molecule has 0 radical (unpaired) electrons. The molecule has 2 aliphatic rings. The van der Waals surface area contributed by atoms with E-state index >= 15 is 0 Å². The molecule has 18 heavy (non-hydrogen) atoms. The Hall–Kier alpha value is -0.120. The van der Waals surface area contributed by atoms with E-state index in [1.807, 2.05) is 0 Å². The van der Waals surface area contributed by atoms with Crippen molar-refractivity contribution in [1.29, 1.82) is 0 Å². The van der Waals surface area contributed by atoms with E-state index in [0.717, 1.165) is 19.4 Å². The standard InChI is InChI=1S/C15H28O3/c1-12(11-17-2)14(16)13-6-9-18-15(10-13)7-4-3-5-8-15/h12-14,16H,3-11H2,1-2H3. The summed E-state index contributed by atoms with van der Waals surface area (Å²) < 4.78 is 11.2. The van der Waals surface area contributed by atoms with Crippen molar-refractivity contribution < 1.29 is 14.6 Å². The molecule has 3 atom stereocenters. The van der Waals surface area contributed by atoms with Crippen LogP contribution in [0.1, 0.15) is 51.9 Å². The first-order valence-corrected chi connectivity index (χ1v) is 7.48. The van der Waals surface area contributed by atoms with E-state index in [0.29, 0.717) is 12.5 Å². The van der Waals surface area contributed by atoms with Gasteiger partial charge in [0, 0.05) is 19.6 Å². The molecule has 0 bridgehead atoms. The molecule has 1 heterocycles. The predicted octanol–water partition coefficient (Wildman–Crippen LogP) is 2.76. The maximum Gasteiger partial charge on any atom is 0.0686 e. The summed E-state index contributed by atoms with van der Waals surface area (Å²) in [7, 11) is 1.70. The predicted molar refractivity (Wildman–Crippen MR) is 71.5 cm³/mol. The number of methoxy groups -OCH3 is 1. The van der Waals surface area contributed by atoms with Gasteiger partial charge in [0.25, 0.3) is 0 Å². The van der Waals surface area contributed by atoms with Crippen LogP contribution < -0.4 is 0 Å². The fourth-order valence-electron chi connectivity index (χ4n) is 3.73. The molecule has 2 rings (SSSR count). The van der Waals surface area contributed by atoms with Crippen LogP contribution >= 0.6 is 0 Å². The van der Waals surface area contributed by atoms with Crippen molar-refractivity contribution >= 4 is 0 Å². The maximum absolute atomic E-state index is 10.5. The third-order valence-corrected chi connectivity index (χ3v) is 4.79. The van der Waals surface area contributed by atoms with Crippen LogP contribution in [0.15, 0.2) is 0 Å². The lowest BCUT2D eigenvalue weighted by Gasteiger charge is -2.45. The zero-order valence-corrected chi connectivity index (χ0v) is 11.9. The minimum atomic E-state index is -0.243. The lowest BCUT2D eigenvalue weighted by molar-refractivity contribution is -0.140. The minimum absolute atomic E-state index is 0.0922. The van der Waals surface area contributed by atoms with E-state index in [4.69, 9.17) is 9.47 Å². The number of ether oxygens (including phenoxy) is 2. The Morgan fingerprint density at radius 2 is 2.06 bits per heavy atom. The molecule has 1 aliphatic carbocycles. The summed E-state index contributed by atoms with van der Waals surface area (Å²) in [4.78, 5) is 0. The first kappa shape index (κ1) is 14.3. The van der Waals surface area contributed by atoms with Gasteiger partial charge in [-0.05, 0) is 31.6 Å². The number of aliphatic hydroxyl groups is 1. The SMILES string of the molecule is COCC(C)C(O)C1CCOC2(CCCCC2)C1. The highest BCUT2D eigenvalue weighted by Crippen LogP contribution is 2.42. The molecule has 0 aromatic carbocycles. The van der Waals surface area contributed by atoms with Gasteiger partial charge in [0.05, 0.1) is 18.3 Å². The Morgan fingerprint density at radius 3 is 2.72 bits per heavy atom. The van der Waals surface area contributed by atoms with E-state index in [-0.39, 0.29) is 17.6 Å². The van der Waals surface area contributed by atoms with Gasteiger partial charge in [0.15, 0.2) is 0 Å². The number of hydrogen-bond acceptors (Lipinski definition) is 3. The molecule has 1 saturated carbocycles. The van der Waals surface area contributed by atoms with Gasteiger partial charge in [0.2, 0.25) is 0 Å². The Bertz CT molecular complexity index is 243. The van der Waals surface area contributed by atoms with Gasteiger partial charge in [-0.3, -0.25) is 0 Å². The van der Waals surface area contributed by atoms with Crippen LogP contribution in [0.4, 0.5) is 0 Å². The molecule has 1 N–H and O–H groups in total. The number of rotatable bonds is 4. The third-order valence-electron chi connectivity index (χ3n) is 4.79. The van der Waals surface area contributed by atoms with E-state index in [9.17, 15) is 5.11 Å². The van der Waals surface area contributed by atoms with Gasteiger partial charge in [-0.15, -0.1) is 0 Å². The number of hydrogen-bond donors (Lipinski definition) is 1. The second-order valence-corrected chi connectivity index (χ2v) is 6.27. The van der Waals surface area contributed by atoms with Crippen LogP contribution in [0.2, 0.25) is 0 Å². The van der Waals surface area contributed by atoms with Gasteiger partial charge >= 0.3 is 0 Å². The smallest absolute Gasteiger partial charge is 0.0686 e. The van der Waals surface area contributed by atoms with Crippen molar-refractivity contribution in [1.82, 2.24) is 0 Å². The summed E-state index contributed by atoms with van der Waals surface area (Å²) in [6.07, 6.45) is 8.10. The Kier molecular flexibility index (Phi) is 5.05. The molecule has 2 fully saturated rings. The number of aliphatic hydroxyl groups excluding tert-OH is 1. The van der Waals surface area contributed by atoms with Crippen LogP contribution in [0.3, 0.4) is 0 Å². The Morgan fingerprint density at radius 1 is 1.33 bits per heavy atom. The van der Waals surface area contributed by atoms with Crippen molar-refractivity contribution in [2.75, 3.05) is 20.3 Å². The lowest BCUT2D eigenvalue weighted by atomic mass is 9.73. The molecule has 0 aromatic rings. The monoisotopic (exact) mass is 256 g/mol. The van der Waals surface area contributed by atoms with Gasteiger partial charge in [-0.1, -0.05) is 26.2 Å². The highest BCUT2D eigenvalue weighted by molar-refractivity contribution is 4.92. The van der Waals surface area contributed by atoms with Crippen LogP contribution in [0, 0.1) is 11.8 Å². The van der Waals surface area contributed by atoms with Crippen LogP contribution in [-0.4, -0.2) is 37.1 Å². The molecular formula is C15H28O3. The summed E-state index contributed by atoms with van der Waals surface area (Å²) in [5.41, 5.74) is 0.0922. The molecule has 3 unspecified atom stereocenters. The molecule has 1 saturated heterocycles. The topological polar surface area (TPSA) is 38.7 Å². The van der Waals surface area contributed by atoms with Crippen molar-refractivity contribution in [2.24, 2.45) is 11.8 Å². The molecule has 3 nitrogen and oxygen atoms in total. The summed E-state index contributed by atoms with van der Waals surface area (Å²) in [6, 6.07) is 0. The van der Waals surface area contributed by atoms with Crippen LogP contribution in [-0.2, 0) is 9.47 Å². The average Bonchev–Trinajstić information content (AvgIpc) is 2.39. The second kappa shape index (κ2) is 6.36. The van der Waals surface area contributed by atoms with Crippen LogP contribution in [0.5, 0.6) is 0 Å². The van der Waals surface area contributed by atoms with Gasteiger partial charge in [-0.25, -0.2) is 0 Å². The highest BCUT2D eigenvalue weighted by Gasteiger charge is 2.41. The van der Waals surface area contributed by atoms with Crippen molar-refractivity contribution in [3.8, 4) is 0 Å². The van der Waals surface area contributed by atoms with E-state index < -0.39 is 0 Å². The largest absolute Gasteiger partial charge is 0.392 e. The molecule has 0 amide bonds. The second-order valence-electron chi connectivity index (χ2n) is 6.27. The third kappa shape index (κ3) is 3.25. The van der Waals surface area contributed by atoms with E-state index in [1.54, 1.807) is 7.11 Å². The van der Waals surface area contributed by atoms with Gasteiger partial charge < -0.3 is 14.6 Å². The maximum atomic E-state index is 10.5. The average molecular weight is 256 g/mol.